The van der Waals surface area contributed by atoms with Gasteiger partial charge in [0.15, 0.2) is 5.54 Å². The second kappa shape index (κ2) is 9.10. The fraction of sp³-hybridized carbons (Fsp3) is 0.455. The quantitative estimate of drug-likeness (QED) is 0.498. The van der Waals surface area contributed by atoms with Crippen molar-refractivity contribution in [1.82, 2.24) is 20.4 Å². The highest BCUT2D eigenvalue weighted by molar-refractivity contribution is 6.09. The van der Waals surface area contributed by atoms with Gasteiger partial charge in [0.05, 0.1) is 26.8 Å². The van der Waals surface area contributed by atoms with E-state index in [1.807, 2.05) is 11.0 Å². The predicted molar refractivity (Wildman–Crippen MR) is 116 cm³/mol. The molecular formula is C22H27N5O6. The summed E-state index contributed by atoms with van der Waals surface area (Å²) in [5.74, 6) is -0.398. The Morgan fingerprint density at radius 2 is 2.09 bits per heavy atom. The molecule has 1 saturated heterocycles. The molecule has 1 unspecified atom stereocenters. The Hall–Kier alpha value is -3.60. The fourth-order valence-electron chi connectivity index (χ4n) is 4.43. The maximum absolute atomic E-state index is 13.1. The molecule has 3 heterocycles. The molecule has 4 N–H and O–H groups in total. The summed E-state index contributed by atoms with van der Waals surface area (Å²) < 4.78 is 11.2. The van der Waals surface area contributed by atoms with Gasteiger partial charge < -0.3 is 25.4 Å². The standard InChI is InChI=1S/C22H27N5O6/c1-32-15-6-5-14-11-27(19(29)16(14)10-15)13-22(20(30)24-21(31)25-22)17-4-2-7-26(12-18(23)28)8-3-9-33-17/h4-6,10H,2-3,7-9,11-13H2,1H3,(H2,23,28)(H2,24,25,30,31). The van der Waals surface area contributed by atoms with Crippen molar-refractivity contribution < 1.29 is 28.7 Å². The summed E-state index contributed by atoms with van der Waals surface area (Å²) in [5.41, 5.74) is 5.09. The van der Waals surface area contributed by atoms with E-state index in [2.05, 4.69) is 10.6 Å². The average Bonchev–Trinajstić information content (AvgIpc) is 3.27. The number of methoxy groups -OCH3 is 1. The Morgan fingerprint density at radius 3 is 2.79 bits per heavy atom. The second-order valence-corrected chi connectivity index (χ2v) is 8.30. The van der Waals surface area contributed by atoms with Gasteiger partial charge in [-0.15, -0.1) is 0 Å². The van der Waals surface area contributed by atoms with Crippen molar-refractivity contribution in [3.05, 3.63) is 41.2 Å². The van der Waals surface area contributed by atoms with Gasteiger partial charge in [-0.25, -0.2) is 4.79 Å². The Bertz CT molecular complexity index is 1020. The number of ether oxygens (including phenoxy) is 2. The molecule has 0 aromatic heterocycles. The molecule has 5 amide bonds. The summed E-state index contributed by atoms with van der Waals surface area (Å²) in [4.78, 5) is 53.0. The molecule has 0 aliphatic carbocycles. The van der Waals surface area contributed by atoms with Crippen LogP contribution in [0.4, 0.5) is 4.79 Å². The number of rotatable bonds is 6. The van der Waals surface area contributed by atoms with E-state index < -0.39 is 23.4 Å². The summed E-state index contributed by atoms with van der Waals surface area (Å²) in [6.07, 6.45) is 2.81. The van der Waals surface area contributed by atoms with Crippen LogP contribution in [0.2, 0.25) is 0 Å². The van der Waals surface area contributed by atoms with Crippen molar-refractivity contribution in [3.63, 3.8) is 0 Å². The maximum Gasteiger partial charge on any atom is 0.322 e. The van der Waals surface area contributed by atoms with Crippen LogP contribution in [0.25, 0.3) is 0 Å². The van der Waals surface area contributed by atoms with Crippen LogP contribution in [0.5, 0.6) is 5.75 Å². The maximum atomic E-state index is 13.1. The molecule has 1 aromatic carbocycles. The van der Waals surface area contributed by atoms with E-state index in [1.165, 1.54) is 12.0 Å². The third kappa shape index (κ3) is 4.49. The highest BCUT2D eigenvalue weighted by atomic mass is 16.5. The number of nitrogens with two attached hydrogens (primary N) is 1. The van der Waals surface area contributed by atoms with Crippen LogP contribution in [0, 0.1) is 0 Å². The van der Waals surface area contributed by atoms with Crippen LogP contribution >= 0.6 is 0 Å². The summed E-state index contributed by atoms with van der Waals surface area (Å²) in [6.45, 7) is 1.76. The van der Waals surface area contributed by atoms with Gasteiger partial charge in [0.25, 0.3) is 11.8 Å². The molecule has 11 heteroatoms. The molecule has 1 atom stereocenters. The van der Waals surface area contributed by atoms with Crippen molar-refractivity contribution in [2.24, 2.45) is 5.73 Å². The third-order valence-corrected chi connectivity index (χ3v) is 6.02. The molecule has 3 aliphatic heterocycles. The number of hydrogen-bond donors (Lipinski definition) is 3. The summed E-state index contributed by atoms with van der Waals surface area (Å²) in [6, 6.07) is 4.61. The lowest BCUT2D eigenvalue weighted by Gasteiger charge is -2.32. The van der Waals surface area contributed by atoms with Gasteiger partial charge >= 0.3 is 6.03 Å². The first-order valence-electron chi connectivity index (χ1n) is 10.8. The molecule has 1 aromatic rings. The molecule has 0 radical (unpaired) electrons. The number of primary amides is 1. The highest BCUT2D eigenvalue weighted by Gasteiger charge is 2.53. The van der Waals surface area contributed by atoms with Crippen LogP contribution in [-0.4, -0.2) is 79.0 Å². The lowest BCUT2D eigenvalue weighted by Crippen LogP contribution is -2.57. The molecule has 0 saturated carbocycles. The first-order chi connectivity index (χ1) is 15.8. The van der Waals surface area contributed by atoms with Crippen molar-refractivity contribution in [3.8, 4) is 5.75 Å². The number of benzene rings is 1. The molecule has 1 fully saturated rings. The topological polar surface area (TPSA) is 143 Å². The number of fused-ring (bicyclic) bond motifs is 1. The number of urea groups is 1. The van der Waals surface area contributed by atoms with Gasteiger partial charge in [0.1, 0.15) is 11.5 Å². The van der Waals surface area contributed by atoms with E-state index in [0.29, 0.717) is 43.8 Å². The van der Waals surface area contributed by atoms with E-state index in [9.17, 15) is 19.2 Å². The van der Waals surface area contributed by atoms with Gasteiger partial charge in [-0.3, -0.25) is 24.6 Å². The minimum atomic E-state index is -1.54. The number of amides is 5. The van der Waals surface area contributed by atoms with E-state index in [0.717, 1.165) is 5.56 Å². The summed E-state index contributed by atoms with van der Waals surface area (Å²) >= 11 is 0. The number of nitrogens with zero attached hydrogens (tertiary/aromatic N) is 2. The lowest BCUT2D eigenvalue weighted by molar-refractivity contribution is -0.124. The molecule has 0 spiro atoms. The zero-order valence-corrected chi connectivity index (χ0v) is 18.4. The Labute approximate surface area is 190 Å². The van der Waals surface area contributed by atoms with Gasteiger partial charge in [-0.05, 0) is 36.6 Å². The van der Waals surface area contributed by atoms with Crippen LogP contribution in [-0.2, 0) is 20.9 Å². The van der Waals surface area contributed by atoms with E-state index in [4.69, 9.17) is 15.2 Å². The summed E-state index contributed by atoms with van der Waals surface area (Å²) in [7, 11) is 1.53. The van der Waals surface area contributed by atoms with Crippen molar-refractivity contribution in [2.75, 3.05) is 39.9 Å². The van der Waals surface area contributed by atoms with Crippen molar-refractivity contribution in [2.45, 2.75) is 24.9 Å². The van der Waals surface area contributed by atoms with Crippen LogP contribution in [0.15, 0.2) is 30.0 Å². The van der Waals surface area contributed by atoms with Gasteiger partial charge in [0.2, 0.25) is 5.91 Å². The molecular weight excluding hydrogens is 430 g/mol. The minimum absolute atomic E-state index is 0.0861. The van der Waals surface area contributed by atoms with Crippen molar-refractivity contribution in [1.29, 1.82) is 0 Å². The first kappa shape index (κ1) is 22.6. The fourth-order valence-corrected chi connectivity index (χ4v) is 4.43. The predicted octanol–water partition coefficient (Wildman–Crippen LogP) is -0.289. The molecule has 3 aliphatic rings. The minimum Gasteiger partial charge on any atom is -0.497 e. The SMILES string of the molecule is COc1ccc2c(c1)C(=O)N(CC1(C3=CCCN(CC(N)=O)CCCO3)NC(=O)NC1=O)C2. The van der Waals surface area contributed by atoms with E-state index in [-0.39, 0.29) is 31.4 Å². The number of carbonyl (C=O) groups excluding carboxylic acids is 4. The van der Waals surface area contributed by atoms with Crippen LogP contribution < -0.4 is 21.1 Å². The van der Waals surface area contributed by atoms with E-state index in [1.54, 1.807) is 18.2 Å². The Kier molecular flexibility index (Phi) is 6.23. The number of hydrogen-bond acceptors (Lipinski definition) is 7. The third-order valence-electron chi connectivity index (χ3n) is 6.02. The van der Waals surface area contributed by atoms with Gasteiger partial charge in [-0.2, -0.15) is 0 Å². The first-order valence-corrected chi connectivity index (χ1v) is 10.8. The number of imide groups is 1. The molecule has 0 bridgehead atoms. The molecule has 176 valence electrons. The monoisotopic (exact) mass is 457 g/mol. The molecule has 4 rings (SSSR count). The zero-order valence-electron chi connectivity index (χ0n) is 18.4. The average molecular weight is 457 g/mol. The highest BCUT2D eigenvalue weighted by Crippen LogP contribution is 2.31. The number of nitrogens with one attached hydrogen (secondary N) is 2. The Balaban J connectivity index is 1.59. The number of carbonyl (C=O) groups is 4. The lowest BCUT2D eigenvalue weighted by atomic mass is 9.95. The smallest absolute Gasteiger partial charge is 0.322 e. The zero-order chi connectivity index (χ0) is 23.6. The normalized spacial score (nSPS) is 23.5. The van der Waals surface area contributed by atoms with Crippen LogP contribution in [0.3, 0.4) is 0 Å². The molecule has 11 nitrogen and oxygen atoms in total. The Morgan fingerprint density at radius 1 is 1.27 bits per heavy atom. The largest absolute Gasteiger partial charge is 0.497 e. The molecule has 33 heavy (non-hydrogen) atoms. The summed E-state index contributed by atoms with van der Waals surface area (Å²) in [5, 5.41) is 4.98. The van der Waals surface area contributed by atoms with E-state index >= 15 is 0 Å². The van der Waals surface area contributed by atoms with Gasteiger partial charge in [-0.1, -0.05) is 6.07 Å². The van der Waals surface area contributed by atoms with Crippen LogP contribution in [0.1, 0.15) is 28.8 Å². The second-order valence-electron chi connectivity index (χ2n) is 8.30. The van der Waals surface area contributed by atoms with Crippen molar-refractivity contribution >= 4 is 23.8 Å². The van der Waals surface area contributed by atoms with Gasteiger partial charge in [0, 0.05) is 25.2 Å².